The molecule has 0 bridgehead atoms. The van der Waals surface area contributed by atoms with E-state index in [0.717, 1.165) is 43.2 Å². The molecule has 0 radical (unpaired) electrons. The maximum absolute atomic E-state index is 11.7. The van der Waals surface area contributed by atoms with Crippen molar-refractivity contribution in [3.63, 3.8) is 0 Å². The van der Waals surface area contributed by atoms with Crippen LogP contribution < -0.4 is 4.74 Å². The summed E-state index contributed by atoms with van der Waals surface area (Å²) in [7, 11) is -4.31. The molecule has 0 aliphatic carbocycles. The highest BCUT2D eigenvalue weighted by molar-refractivity contribution is 7.87. The number of hydrogen-bond acceptors (Lipinski definition) is 3. The van der Waals surface area contributed by atoms with Gasteiger partial charge in [0.05, 0.1) is 0 Å². The van der Waals surface area contributed by atoms with Crippen molar-refractivity contribution in [2.45, 2.75) is 110 Å². The average molecular weight is 413 g/mol. The second-order valence-electron chi connectivity index (χ2n) is 8.25. The van der Waals surface area contributed by atoms with Gasteiger partial charge in [-0.1, -0.05) is 77.3 Å². The lowest BCUT2D eigenvalue weighted by molar-refractivity contribution is 0.176. The largest absolute Gasteiger partial charge is 0.469 e. The summed E-state index contributed by atoms with van der Waals surface area (Å²) in [4.78, 5) is -1.66. The van der Waals surface area contributed by atoms with Crippen LogP contribution in [0, 0.1) is 0 Å². The van der Waals surface area contributed by atoms with Crippen LogP contribution in [0.1, 0.15) is 103 Å². The summed E-state index contributed by atoms with van der Waals surface area (Å²) in [5.74, 6) is 0.587. The lowest BCUT2D eigenvalue weighted by Gasteiger charge is -2.25. The second-order valence-corrected chi connectivity index (χ2v) is 10.2. The van der Waals surface area contributed by atoms with Crippen LogP contribution in [0.4, 0.5) is 0 Å². The first kappa shape index (κ1) is 25.0. The molecule has 0 unspecified atom stereocenters. The molecule has 0 aromatic heterocycles. The number of ether oxygens (including phenoxy) is 1. The SMILES string of the molecule is CCCCCCCc1ccc(CCCCCCC)c(OC(C)(C)S(=O)(=O)O)c1. The van der Waals surface area contributed by atoms with Crippen molar-refractivity contribution in [2.24, 2.45) is 0 Å². The third kappa shape index (κ3) is 8.95. The van der Waals surface area contributed by atoms with Crippen molar-refractivity contribution in [2.75, 3.05) is 0 Å². The van der Waals surface area contributed by atoms with Crippen molar-refractivity contribution in [1.29, 1.82) is 0 Å². The minimum absolute atomic E-state index is 0.587. The maximum Gasteiger partial charge on any atom is 0.305 e. The summed E-state index contributed by atoms with van der Waals surface area (Å²) in [5.41, 5.74) is 2.18. The summed E-state index contributed by atoms with van der Waals surface area (Å²) >= 11 is 0. The predicted octanol–water partition coefficient (Wildman–Crippen LogP) is 6.72. The Hall–Kier alpha value is -1.07. The highest BCUT2D eigenvalue weighted by atomic mass is 32.2. The fraction of sp³-hybridized carbons (Fsp3) is 0.739. The van der Waals surface area contributed by atoms with Crippen LogP contribution in [0.3, 0.4) is 0 Å². The summed E-state index contributed by atoms with van der Waals surface area (Å²) in [6, 6.07) is 6.17. The summed E-state index contributed by atoms with van der Waals surface area (Å²) < 4.78 is 38.7. The van der Waals surface area contributed by atoms with Crippen molar-refractivity contribution >= 4 is 10.1 Å². The van der Waals surface area contributed by atoms with Gasteiger partial charge in [0.2, 0.25) is 4.93 Å². The molecule has 1 rings (SSSR count). The molecule has 0 aliphatic rings. The number of unbranched alkanes of at least 4 members (excludes halogenated alkanes) is 8. The van der Waals surface area contributed by atoms with Gasteiger partial charge in [-0.2, -0.15) is 8.42 Å². The van der Waals surface area contributed by atoms with Crippen LogP contribution in [-0.2, 0) is 23.0 Å². The molecule has 0 saturated carbocycles. The van der Waals surface area contributed by atoms with E-state index in [0.29, 0.717) is 5.75 Å². The Labute approximate surface area is 172 Å². The molecule has 0 saturated heterocycles. The molecule has 162 valence electrons. The summed E-state index contributed by atoms with van der Waals surface area (Å²) in [6.45, 7) is 7.20. The van der Waals surface area contributed by atoms with Crippen molar-refractivity contribution in [3.05, 3.63) is 29.3 Å². The van der Waals surface area contributed by atoms with Gasteiger partial charge in [-0.15, -0.1) is 0 Å². The monoisotopic (exact) mass is 412 g/mol. The standard InChI is InChI=1S/C23H40O4S/c1-5-7-9-11-13-15-20-17-18-21(16-14-12-10-8-6-2)22(19-20)27-23(3,4)28(24,25)26/h17-19H,5-16H2,1-4H3,(H,24,25,26). The lowest BCUT2D eigenvalue weighted by atomic mass is 10.00. The van der Waals surface area contributed by atoms with Crippen LogP contribution >= 0.6 is 0 Å². The van der Waals surface area contributed by atoms with E-state index >= 15 is 0 Å². The van der Waals surface area contributed by atoms with Gasteiger partial charge in [-0.25, -0.2) is 0 Å². The number of aryl methyl sites for hydroxylation is 2. The number of benzene rings is 1. The topological polar surface area (TPSA) is 63.6 Å². The van der Waals surface area contributed by atoms with Gasteiger partial charge >= 0.3 is 10.1 Å². The molecule has 0 aliphatic heterocycles. The molecule has 0 fully saturated rings. The van der Waals surface area contributed by atoms with Crippen LogP contribution in [-0.4, -0.2) is 17.9 Å². The van der Waals surface area contributed by atoms with E-state index in [9.17, 15) is 13.0 Å². The fourth-order valence-corrected chi connectivity index (χ4v) is 3.42. The first-order chi connectivity index (χ1) is 13.2. The van der Waals surface area contributed by atoms with E-state index in [1.54, 1.807) is 0 Å². The van der Waals surface area contributed by atoms with Gasteiger partial charge in [-0.05, 0) is 56.7 Å². The Kier molecular flexibility index (Phi) is 11.1. The Morgan fingerprint density at radius 3 is 1.93 bits per heavy atom. The van der Waals surface area contributed by atoms with E-state index in [2.05, 4.69) is 26.0 Å². The normalized spacial score (nSPS) is 12.3. The first-order valence-electron chi connectivity index (χ1n) is 11.0. The summed E-state index contributed by atoms with van der Waals surface area (Å²) in [6.07, 6.45) is 13.8. The van der Waals surface area contributed by atoms with E-state index in [4.69, 9.17) is 4.74 Å². The fourth-order valence-electron chi connectivity index (χ4n) is 3.23. The zero-order valence-electron chi connectivity index (χ0n) is 18.3. The van der Waals surface area contributed by atoms with Crippen molar-refractivity contribution in [3.8, 4) is 5.75 Å². The van der Waals surface area contributed by atoms with Crippen LogP contribution in [0.5, 0.6) is 5.75 Å². The molecule has 28 heavy (non-hydrogen) atoms. The molecule has 1 aromatic rings. The third-order valence-corrected chi connectivity index (χ3v) is 6.55. The van der Waals surface area contributed by atoms with E-state index in [1.807, 2.05) is 6.07 Å². The van der Waals surface area contributed by atoms with Crippen molar-refractivity contribution < 1.29 is 17.7 Å². The molecule has 1 N–H and O–H groups in total. The maximum atomic E-state index is 11.7. The molecular weight excluding hydrogens is 372 g/mol. The lowest BCUT2D eigenvalue weighted by Crippen LogP contribution is -2.38. The molecule has 0 heterocycles. The Morgan fingerprint density at radius 2 is 1.39 bits per heavy atom. The zero-order valence-corrected chi connectivity index (χ0v) is 19.1. The van der Waals surface area contributed by atoms with E-state index < -0.39 is 15.1 Å². The molecular formula is C23H40O4S. The predicted molar refractivity (Wildman–Crippen MR) is 118 cm³/mol. The van der Waals surface area contributed by atoms with Crippen LogP contribution in [0.25, 0.3) is 0 Å². The Morgan fingerprint density at radius 1 is 0.857 bits per heavy atom. The van der Waals surface area contributed by atoms with Crippen molar-refractivity contribution in [1.82, 2.24) is 0 Å². The van der Waals surface area contributed by atoms with Crippen LogP contribution in [0.15, 0.2) is 18.2 Å². The molecule has 4 nitrogen and oxygen atoms in total. The number of hydrogen-bond donors (Lipinski definition) is 1. The van der Waals surface area contributed by atoms with Gasteiger partial charge in [-0.3, -0.25) is 4.55 Å². The van der Waals surface area contributed by atoms with E-state index in [-0.39, 0.29) is 0 Å². The van der Waals surface area contributed by atoms with Gasteiger partial charge in [0.25, 0.3) is 0 Å². The highest BCUT2D eigenvalue weighted by Gasteiger charge is 2.35. The third-order valence-electron chi connectivity index (χ3n) is 5.23. The smallest absolute Gasteiger partial charge is 0.305 e. The Bertz CT molecular complexity index is 665. The first-order valence-corrected chi connectivity index (χ1v) is 12.4. The minimum atomic E-state index is -4.31. The average Bonchev–Trinajstić information content (AvgIpc) is 2.61. The van der Waals surface area contributed by atoms with Gasteiger partial charge in [0.15, 0.2) is 0 Å². The Balaban J connectivity index is 2.85. The molecule has 1 aromatic carbocycles. The van der Waals surface area contributed by atoms with Gasteiger partial charge < -0.3 is 4.74 Å². The van der Waals surface area contributed by atoms with Gasteiger partial charge in [0.1, 0.15) is 5.75 Å². The molecule has 0 amide bonds. The summed E-state index contributed by atoms with van der Waals surface area (Å²) in [5, 5.41) is 0. The molecule has 0 spiro atoms. The number of rotatable bonds is 15. The molecule has 5 heteroatoms. The molecule has 0 atom stereocenters. The second kappa shape index (κ2) is 12.5. The van der Waals surface area contributed by atoms with E-state index in [1.165, 1.54) is 58.8 Å². The zero-order chi connectivity index (χ0) is 21.0. The van der Waals surface area contributed by atoms with Crippen LogP contribution in [0.2, 0.25) is 0 Å². The highest BCUT2D eigenvalue weighted by Crippen LogP contribution is 2.29. The minimum Gasteiger partial charge on any atom is -0.469 e. The quantitative estimate of drug-likeness (QED) is 0.257. The van der Waals surface area contributed by atoms with Gasteiger partial charge in [0, 0.05) is 0 Å².